The summed E-state index contributed by atoms with van der Waals surface area (Å²) in [4.78, 5) is 12.1. The number of thioether (sulfide) groups is 1. The van der Waals surface area contributed by atoms with Crippen LogP contribution in [-0.4, -0.2) is 16.7 Å². The minimum absolute atomic E-state index is 0.0207. The molecular weight excluding hydrogens is 336 g/mol. The highest BCUT2D eigenvalue weighted by Gasteiger charge is 2.33. The summed E-state index contributed by atoms with van der Waals surface area (Å²) in [6, 6.07) is 17.9. The molecular formula is C15H13BrN2OS. The first-order valence-electron chi connectivity index (χ1n) is 6.25. The third-order valence-electron chi connectivity index (χ3n) is 3.05. The van der Waals surface area contributed by atoms with Crippen LogP contribution in [0.4, 0.5) is 5.69 Å². The number of carbonyl (C=O) groups is 1. The fourth-order valence-corrected chi connectivity index (χ4v) is 3.45. The smallest absolute Gasteiger partial charge is 0.252 e. The van der Waals surface area contributed by atoms with Crippen LogP contribution in [0.15, 0.2) is 59.1 Å². The van der Waals surface area contributed by atoms with Crippen LogP contribution < -0.4 is 5.43 Å². The van der Waals surface area contributed by atoms with Gasteiger partial charge in [0.05, 0.1) is 11.4 Å². The fourth-order valence-electron chi connectivity index (χ4n) is 2.07. The molecule has 102 valence electrons. The molecule has 1 aliphatic heterocycles. The Kier molecular flexibility index (Phi) is 3.98. The average molecular weight is 349 g/mol. The standard InChI is InChI=1S/C15H13BrN2OS/c16-12-6-8-13(9-7-12)17-18-14(19)10-20-15(18)11-4-2-1-3-5-11/h1-9,15,17H,10H2. The Morgan fingerprint density at radius 3 is 2.50 bits per heavy atom. The minimum atomic E-state index is 0.0207. The van der Waals surface area contributed by atoms with Gasteiger partial charge in [-0.3, -0.25) is 10.2 Å². The van der Waals surface area contributed by atoms with E-state index in [4.69, 9.17) is 0 Å². The number of hydrazine groups is 1. The van der Waals surface area contributed by atoms with Crippen LogP contribution in [0.2, 0.25) is 0 Å². The van der Waals surface area contributed by atoms with E-state index in [0.717, 1.165) is 15.7 Å². The molecule has 1 aliphatic rings. The molecule has 3 rings (SSSR count). The number of anilines is 1. The third kappa shape index (κ3) is 2.83. The summed E-state index contributed by atoms with van der Waals surface area (Å²) in [6.45, 7) is 0. The maximum atomic E-state index is 12.1. The topological polar surface area (TPSA) is 32.3 Å². The van der Waals surface area contributed by atoms with E-state index in [1.165, 1.54) is 0 Å². The molecule has 2 aromatic carbocycles. The summed E-state index contributed by atoms with van der Waals surface area (Å²) in [5.41, 5.74) is 5.25. The van der Waals surface area contributed by atoms with Crippen molar-refractivity contribution in [1.82, 2.24) is 5.01 Å². The summed E-state index contributed by atoms with van der Waals surface area (Å²) in [7, 11) is 0. The van der Waals surface area contributed by atoms with Crippen molar-refractivity contribution in [3.63, 3.8) is 0 Å². The molecule has 1 saturated heterocycles. The summed E-state index contributed by atoms with van der Waals surface area (Å²) >= 11 is 5.04. The molecule has 2 aromatic rings. The third-order valence-corrected chi connectivity index (χ3v) is 4.79. The largest absolute Gasteiger partial charge is 0.295 e. The summed E-state index contributed by atoms with van der Waals surface area (Å²) in [5.74, 6) is 0.607. The zero-order chi connectivity index (χ0) is 13.9. The van der Waals surface area contributed by atoms with E-state index in [-0.39, 0.29) is 11.3 Å². The van der Waals surface area contributed by atoms with E-state index >= 15 is 0 Å². The highest BCUT2D eigenvalue weighted by atomic mass is 79.9. The van der Waals surface area contributed by atoms with Crippen LogP contribution in [0.3, 0.4) is 0 Å². The fraction of sp³-hybridized carbons (Fsp3) is 0.133. The molecule has 0 saturated carbocycles. The van der Waals surface area contributed by atoms with Crippen molar-refractivity contribution in [3.05, 3.63) is 64.6 Å². The van der Waals surface area contributed by atoms with Crippen LogP contribution in [0.5, 0.6) is 0 Å². The number of hydrogen-bond donors (Lipinski definition) is 1. The minimum Gasteiger partial charge on any atom is -0.295 e. The van der Waals surface area contributed by atoms with Gasteiger partial charge in [-0.05, 0) is 29.8 Å². The van der Waals surface area contributed by atoms with Crippen LogP contribution in [0.25, 0.3) is 0 Å². The van der Waals surface area contributed by atoms with Gasteiger partial charge in [-0.15, -0.1) is 11.8 Å². The van der Waals surface area contributed by atoms with E-state index in [0.29, 0.717) is 5.75 Å². The molecule has 0 spiro atoms. The summed E-state index contributed by atoms with van der Waals surface area (Å²) < 4.78 is 1.02. The second kappa shape index (κ2) is 5.89. The van der Waals surface area contributed by atoms with Gasteiger partial charge in [0.2, 0.25) is 0 Å². The number of amides is 1. The Hall–Kier alpha value is -1.46. The number of carbonyl (C=O) groups excluding carboxylic acids is 1. The number of nitrogens with one attached hydrogen (secondary N) is 1. The number of benzene rings is 2. The van der Waals surface area contributed by atoms with Gasteiger partial charge < -0.3 is 0 Å². The number of hydrogen-bond acceptors (Lipinski definition) is 3. The number of nitrogens with zero attached hydrogens (tertiary/aromatic N) is 1. The molecule has 1 amide bonds. The van der Waals surface area contributed by atoms with E-state index in [1.54, 1.807) is 16.8 Å². The normalized spacial score (nSPS) is 18.4. The predicted molar refractivity (Wildman–Crippen MR) is 86.3 cm³/mol. The van der Waals surface area contributed by atoms with Crippen LogP contribution in [-0.2, 0) is 4.79 Å². The second-order valence-electron chi connectivity index (χ2n) is 4.46. The Morgan fingerprint density at radius 2 is 1.80 bits per heavy atom. The van der Waals surface area contributed by atoms with Crippen molar-refractivity contribution in [1.29, 1.82) is 0 Å². The molecule has 3 nitrogen and oxygen atoms in total. The van der Waals surface area contributed by atoms with Gasteiger partial charge in [-0.25, -0.2) is 5.01 Å². The van der Waals surface area contributed by atoms with Crippen molar-refractivity contribution in [2.75, 3.05) is 11.2 Å². The maximum Gasteiger partial charge on any atom is 0.252 e. The van der Waals surface area contributed by atoms with Crippen LogP contribution >= 0.6 is 27.7 Å². The zero-order valence-electron chi connectivity index (χ0n) is 10.6. The van der Waals surface area contributed by atoms with Gasteiger partial charge in [0, 0.05) is 4.47 Å². The highest BCUT2D eigenvalue weighted by molar-refractivity contribution is 9.10. The number of halogens is 1. The molecule has 0 bridgehead atoms. The van der Waals surface area contributed by atoms with Gasteiger partial charge in [0.15, 0.2) is 0 Å². The Balaban J connectivity index is 1.82. The molecule has 0 radical (unpaired) electrons. The molecule has 1 N–H and O–H groups in total. The first-order chi connectivity index (χ1) is 9.74. The first kappa shape index (κ1) is 13.5. The Labute approximate surface area is 130 Å². The van der Waals surface area contributed by atoms with Crippen molar-refractivity contribution >= 4 is 39.3 Å². The molecule has 1 fully saturated rings. The highest BCUT2D eigenvalue weighted by Crippen LogP contribution is 2.38. The molecule has 5 heteroatoms. The van der Waals surface area contributed by atoms with Crippen molar-refractivity contribution in [2.24, 2.45) is 0 Å². The SMILES string of the molecule is O=C1CSC(c2ccccc2)N1Nc1ccc(Br)cc1. The summed E-state index contributed by atoms with van der Waals surface area (Å²) in [6.07, 6.45) is 0. The second-order valence-corrected chi connectivity index (χ2v) is 6.44. The lowest BCUT2D eigenvalue weighted by Gasteiger charge is -2.25. The summed E-state index contributed by atoms with van der Waals surface area (Å²) in [5, 5.41) is 1.73. The van der Waals surface area contributed by atoms with Gasteiger partial charge in [0.1, 0.15) is 5.37 Å². The van der Waals surface area contributed by atoms with Crippen molar-refractivity contribution in [2.45, 2.75) is 5.37 Å². The molecule has 1 unspecified atom stereocenters. The molecule has 1 heterocycles. The lowest BCUT2D eigenvalue weighted by molar-refractivity contribution is -0.126. The van der Waals surface area contributed by atoms with Gasteiger partial charge in [-0.2, -0.15) is 0 Å². The average Bonchev–Trinajstić information content (AvgIpc) is 2.84. The van der Waals surface area contributed by atoms with E-state index in [9.17, 15) is 4.79 Å². The quantitative estimate of drug-likeness (QED) is 0.907. The lowest BCUT2D eigenvalue weighted by Crippen LogP contribution is -2.33. The van der Waals surface area contributed by atoms with Crippen molar-refractivity contribution in [3.8, 4) is 0 Å². The van der Waals surface area contributed by atoms with Crippen LogP contribution in [0.1, 0.15) is 10.9 Å². The lowest BCUT2D eigenvalue weighted by atomic mass is 10.2. The van der Waals surface area contributed by atoms with Crippen molar-refractivity contribution < 1.29 is 4.79 Å². The molecule has 20 heavy (non-hydrogen) atoms. The first-order valence-corrected chi connectivity index (χ1v) is 8.09. The molecule has 1 atom stereocenters. The number of rotatable bonds is 3. The monoisotopic (exact) mass is 348 g/mol. The predicted octanol–water partition coefficient (Wildman–Crippen LogP) is 4.05. The van der Waals surface area contributed by atoms with Gasteiger partial charge in [0.25, 0.3) is 5.91 Å². The van der Waals surface area contributed by atoms with Gasteiger partial charge in [-0.1, -0.05) is 46.3 Å². The molecule has 0 aromatic heterocycles. The Morgan fingerprint density at radius 1 is 1.10 bits per heavy atom. The van der Waals surface area contributed by atoms with E-state index in [1.807, 2.05) is 54.6 Å². The van der Waals surface area contributed by atoms with E-state index < -0.39 is 0 Å². The maximum absolute atomic E-state index is 12.1. The Bertz CT molecular complexity index is 603. The van der Waals surface area contributed by atoms with E-state index in [2.05, 4.69) is 21.4 Å². The molecule has 0 aliphatic carbocycles. The van der Waals surface area contributed by atoms with Crippen LogP contribution in [0, 0.1) is 0 Å². The van der Waals surface area contributed by atoms with Gasteiger partial charge >= 0.3 is 0 Å². The zero-order valence-corrected chi connectivity index (χ0v) is 13.0.